The van der Waals surface area contributed by atoms with Gasteiger partial charge in [0.2, 0.25) is 10.0 Å². The maximum atomic E-state index is 12.3. The molecule has 1 aliphatic heterocycles. The zero-order valence-corrected chi connectivity index (χ0v) is 11.0. The van der Waals surface area contributed by atoms with Gasteiger partial charge < -0.3 is 10.8 Å². The van der Waals surface area contributed by atoms with E-state index in [0.717, 1.165) is 0 Å². The van der Waals surface area contributed by atoms with E-state index < -0.39 is 16.1 Å². The summed E-state index contributed by atoms with van der Waals surface area (Å²) in [5.74, 6) is 0.293. The summed E-state index contributed by atoms with van der Waals surface area (Å²) in [6.07, 6.45) is 1.40. The highest BCUT2D eigenvalue weighted by Gasteiger charge is 2.32. The second-order valence-electron chi connectivity index (χ2n) is 4.61. The summed E-state index contributed by atoms with van der Waals surface area (Å²) in [7, 11) is -3.59. The molecule has 0 bridgehead atoms. The minimum Gasteiger partial charge on any atom is -0.391 e. The highest BCUT2D eigenvalue weighted by atomic mass is 32.2. The van der Waals surface area contributed by atoms with Gasteiger partial charge in [0.15, 0.2) is 0 Å². The Balaban J connectivity index is 2.27. The Morgan fingerprint density at radius 1 is 1.56 bits per heavy atom. The van der Waals surface area contributed by atoms with Gasteiger partial charge in [-0.25, -0.2) is 13.4 Å². The van der Waals surface area contributed by atoms with E-state index in [1.54, 1.807) is 0 Å². The molecule has 2 atom stereocenters. The molecule has 1 saturated heterocycles. The van der Waals surface area contributed by atoms with Crippen molar-refractivity contribution in [3.63, 3.8) is 0 Å². The van der Waals surface area contributed by atoms with Crippen molar-refractivity contribution in [1.82, 2.24) is 9.29 Å². The van der Waals surface area contributed by atoms with E-state index in [2.05, 4.69) is 4.98 Å². The van der Waals surface area contributed by atoms with E-state index in [1.165, 1.54) is 22.6 Å². The third-order valence-corrected chi connectivity index (χ3v) is 5.13. The summed E-state index contributed by atoms with van der Waals surface area (Å²) in [6.45, 7) is 2.47. The van der Waals surface area contributed by atoms with Crippen LogP contribution in [0.25, 0.3) is 0 Å². The van der Waals surface area contributed by atoms with Crippen molar-refractivity contribution in [3.05, 3.63) is 18.3 Å². The average Bonchev–Trinajstić information content (AvgIpc) is 2.32. The van der Waals surface area contributed by atoms with Gasteiger partial charge in [0.25, 0.3) is 0 Å². The molecule has 3 N–H and O–H groups in total. The molecule has 1 fully saturated rings. The second kappa shape index (κ2) is 4.83. The SMILES string of the molecule is CC1CCN(S(=O)(=O)c2ccnc(N)c2)CC1O. The third kappa shape index (κ3) is 2.47. The van der Waals surface area contributed by atoms with Crippen LogP contribution in [0.1, 0.15) is 13.3 Å². The topological polar surface area (TPSA) is 96.5 Å². The van der Waals surface area contributed by atoms with E-state index in [1.807, 2.05) is 6.92 Å². The van der Waals surface area contributed by atoms with Gasteiger partial charge in [0.1, 0.15) is 5.82 Å². The molecule has 0 saturated carbocycles. The molecule has 100 valence electrons. The number of nitrogens with zero attached hydrogens (tertiary/aromatic N) is 2. The third-order valence-electron chi connectivity index (χ3n) is 3.27. The zero-order chi connectivity index (χ0) is 13.3. The number of anilines is 1. The van der Waals surface area contributed by atoms with Crippen molar-refractivity contribution in [2.24, 2.45) is 5.92 Å². The predicted molar refractivity (Wildman–Crippen MR) is 67.2 cm³/mol. The lowest BCUT2D eigenvalue weighted by Gasteiger charge is -2.33. The molecule has 1 aliphatic rings. The summed E-state index contributed by atoms with van der Waals surface area (Å²) in [4.78, 5) is 3.89. The van der Waals surface area contributed by atoms with E-state index in [9.17, 15) is 13.5 Å². The van der Waals surface area contributed by atoms with E-state index in [0.29, 0.717) is 13.0 Å². The van der Waals surface area contributed by atoms with Crippen LogP contribution >= 0.6 is 0 Å². The van der Waals surface area contributed by atoms with Crippen molar-refractivity contribution in [2.75, 3.05) is 18.8 Å². The molecule has 0 spiro atoms. The van der Waals surface area contributed by atoms with Crippen molar-refractivity contribution < 1.29 is 13.5 Å². The first-order valence-corrected chi connectivity index (χ1v) is 7.25. The monoisotopic (exact) mass is 271 g/mol. The van der Waals surface area contributed by atoms with Crippen LogP contribution in [0.3, 0.4) is 0 Å². The maximum absolute atomic E-state index is 12.3. The normalized spacial score (nSPS) is 26.1. The number of nitrogens with two attached hydrogens (primary N) is 1. The number of sulfonamides is 1. The Morgan fingerprint density at radius 3 is 2.89 bits per heavy atom. The zero-order valence-electron chi connectivity index (χ0n) is 10.2. The smallest absolute Gasteiger partial charge is 0.243 e. The van der Waals surface area contributed by atoms with Crippen molar-refractivity contribution in [3.8, 4) is 0 Å². The van der Waals surface area contributed by atoms with Crippen LogP contribution in [-0.2, 0) is 10.0 Å². The van der Waals surface area contributed by atoms with Gasteiger partial charge >= 0.3 is 0 Å². The Labute approximate surface area is 106 Å². The highest BCUT2D eigenvalue weighted by molar-refractivity contribution is 7.89. The first-order valence-electron chi connectivity index (χ1n) is 5.81. The first-order chi connectivity index (χ1) is 8.41. The number of β-amino-alcohol motifs (C(OH)–C–C–N with tert-alkyl or cyclic N) is 1. The second-order valence-corrected chi connectivity index (χ2v) is 6.55. The van der Waals surface area contributed by atoms with Gasteiger partial charge in [0.05, 0.1) is 11.0 Å². The number of aliphatic hydroxyl groups excluding tert-OH is 1. The standard InChI is InChI=1S/C11H17N3O3S/c1-8-3-5-14(7-10(8)15)18(16,17)9-2-4-13-11(12)6-9/h2,4,6,8,10,15H,3,5,7H2,1H3,(H2,12,13). The Morgan fingerprint density at radius 2 is 2.28 bits per heavy atom. The largest absolute Gasteiger partial charge is 0.391 e. The molecule has 0 radical (unpaired) electrons. The lowest BCUT2D eigenvalue weighted by Crippen LogP contribution is -2.45. The van der Waals surface area contributed by atoms with E-state index in [4.69, 9.17) is 5.73 Å². The number of hydrogen-bond donors (Lipinski definition) is 2. The Bertz CT molecular complexity index is 532. The number of piperidine rings is 1. The number of hydrogen-bond acceptors (Lipinski definition) is 5. The van der Waals surface area contributed by atoms with Gasteiger partial charge in [0, 0.05) is 25.4 Å². The fourth-order valence-electron chi connectivity index (χ4n) is 1.98. The van der Waals surface area contributed by atoms with Crippen molar-refractivity contribution in [2.45, 2.75) is 24.3 Å². The van der Waals surface area contributed by atoms with Crippen molar-refractivity contribution in [1.29, 1.82) is 0 Å². The Hall–Kier alpha value is -1.18. The van der Waals surface area contributed by atoms with Crippen molar-refractivity contribution >= 4 is 15.8 Å². The molecular weight excluding hydrogens is 254 g/mol. The fourth-order valence-corrected chi connectivity index (χ4v) is 3.47. The number of nitrogen functional groups attached to an aromatic ring is 1. The van der Waals surface area contributed by atoms with Crippen LogP contribution in [0, 0.1) is 5.92 Å². The van der Waals surface area contributed by atoms with Gasteiger partial charge in [-0.05, 0) is 18.4 Å². The van der Waals surface area contributed by atoms with Crippen LogP contribution in [0.2, 0.25) is 0 Å². The Kier molecular flexibility index (Phi) is 3.56. The quantitative estimate of drug-likeness (QED) is 0.792. The summed E-state index contributed by atoms with van der Waals surface area (Å²) in [6, 6.07) is 2.75. The van der Waals surface area contributed by atoms with Gasteiger partial charge in [-0.15, -0.1) is 0 Å². The fraction of sp³-hybridized carbons (Fsp3) is 0.545. The summed E-state index contributed by atoms with van der Waals surface area (Å²) >= 11 is 0. The van der Waals surface area contributed by atoms with Crippen LogP contribution in [0.5, 0.6) is 0 Å². The molecule has 1 aromatic rings. The molecular formula is C11H17N3O3S. The molecule has 0 aromatic carbocycles. The predicted octanol–water partition coefficient (Wildman–Crippen LogP) is 0.0552. The van der Waals surface area contributed by atoms with E-state index in [-0.39, 0.29) is 23.2 Å². The summed E-state index contributed by atoms with van der Waals surface area (Å²) < 4.78 is 25.9. The molecule has 0 amide bonds. The molecule has 7 heteroatoms. The number of aliphatic hydroxyl groups is 1. The average molecular weight is 271 g/mol. The minimum atomic E-state index is -3.59. The minimum absolute atomic E-state index is 0.122. The van der Waals surface area contributed by atoms with Crippen LogP contribution in [0.4, 0.5) is 5.82 Å². The number of rotatable bonds is 2. The molecule has 1 aromatic heterocycles. The number of aromatic nitrogens is 1. The first kappa shape index (κ1) is 13.3. The van der Waals surface area contributed by atoms with Gasteiger partial charge in [-0.1, -0.05) is 6.92 Å². The van der Waals surface area contributed by atoms with Crippen LogP contribution in [0.15, 0.2) is 23.2 Å². The van der Waals surface area contributed by atoms with Gasteiger partial charge in [-0.3, -0.25) is 0 Å². The molecule has 2 unspecified atom stereocenters. The van der Waals surface area contributed by atoms with Gasteiger partial charge in [-0.2, -0.15) is 4.31 Å². The molecule has 6 nitrogen and oxygen atoms in total. The lowest BCUT2D eigenvalue weighted by atomic mass is 9.98. The number of pyridine rings is 1. The van der Waals surface area contributed by atoms with Crippen LogP contribution in [-0.4, -0.2) is 42.0 Å². The molecule has 2 rings (SSSR count). The molecule has 18 heavy (non-hydrogen) atoms. The highest BCUT2D eigenvalue weighted by Crippen LogP contribution is 2.24. The molecule has 2 heterocycles. The van der Waals surface area contributed by atoms with Crippen LogP contribution < -0.4 is 5.73 Å². The maximum Gasteiger partial charge on any atom is 0.243 e. The summed E-state index contributed by atoms with van der Waals surface area (Å²) in [5, 5.41) is 9.77. The molecule has 0 aliphatic carbocycles. The summed E-state index contributed by atoms with van der Waals surface area (Å²) in [5.41, 5.74) is 5.49. The van der Waals surface area contributed by atoms with E-state index >= 15 is 0 Å². The lowest BCUT2D eigenvalue weighted by molar-refractivity contribution is 0.0605.